The Bertz CT molecular complexity index is 804. The summed E-state index contributed by atoms with van der Waals surface area (Å²) in [6, 6.07) is 9.63. The molecule has 0 saturated heterocycles. The minimum atomic E-state index is -1.97. The van der Waals surface area contributed by atoms with E-state index in [1.54, 1.807) is 6.07 Å². The molecule has 4 heteroatoms. The second-order valence-electron chi connectivity index (χ2n) is 8.11. The van der Waals surface area contributed by atoms with Gasteiger partial charge in [0.1, 0.15) is 12.0 Å². The first-order valence-electron chi connectivity index (χ1n) is 8.52. The highest BCUT2D eigenvalue weighted by molar-refractivity contribution is 6.74. The van der Waals surface area contributed by atoms with Crippen molar-refractivity contribution in [2.75, 3.05) is 0 Å². The van der Waals surface area contributed by atoms with Crippen molar-refractivity contribution in [3.8, 4) is 16.9 Å². The number of hydrogen-bond acceptors (Lipinski definition) is 2. The lowest BCUT2D eigenvalue weighted by molar-refractivity contribution is 0.112. The van der Waals surface area contributed by atoms with Gasteiger partial charge in [-0.1, -0.05) is 50.6 Å². The van der Waals surface area contributed by atoms with Gasteiger partial charge in [0.15, 0.2) is 0 Å². The fourth-order valence-corrected chi connectivity index (χ4v) is 3.91. The summed E-state index contributed by atoms with van der Waals surface area (Å²) < 4.78 is 6.45. The molecule has 0 aliphatic carbocycles. The Balaban J connectivity index is 2.55. The van der Waals surface area contributed by atoms with E-state index >= 15 is 0 Å². The van der Waals surface area contributed by atoms with Gasteiger partial charge >= 0.3 is 0 Å². The predicted molar refractivity (Wildman–Crippen MR) is 110 cm³/mol. The van der Waals surface area contributed by atoms with Gasteiger partial charge in [0.25, 0.3) is 8.32 Å². The fourth-order valence-electron chi connectivity index (χ4n) is 2.64. The van der Waals surface area contributed by atoms with Crippen molar-refractivity contribution in [1.29, 1.82) is 0 Å². The van der Waals surface area contributed by atoms with E-state index in [0.717, 1.165) is 34.3 Å². The van der Waals surface area contributed by atoms with Gasteiger partial charge in [-0.05, 0) is 66.4 Å². The molecule has 2 nitrogen and oxygen atoms in total. The van der Waals surface area contributed by atoms with Gasteiger partial charge in [0.2, 0.25) is 0 Å². The molecule has 0 unspecified atom stereocenters. The number of carbonyl (C=O) groups is 1. The molecule has 0 saturated carbocycles. The maximum atomic E-state index is 11.1. The minimum absolute atomic E-state index is 0.106. The maximum absolute atomic E-state index is 11.1. The van der Waals surface area contributed by atoms with Gasteiger partial charge in [-0.2, -0.15) is 0 Å². The van der Waals surface area contributed by atoms with Crippen LogP contribution < -0.4 is 4.43 Å². The van der Waals surface area contributed by atoms with Crippen LogP contribution in [0.4, 0.5) is 0 Å². The minimum Gasteiger partial charge on any atom is -0.542 e. The summed E-state index contributed by atoms with van der Waals surface area (Å²) in [6.45, 7) is 15.1. The van der Waals surface area contributed by atoms with Crippen LogP contribution in [-0.2, 0) is 0 Å². The Kier molecular flexibility index (Phi) is 5.50. The highest BCUT2D eigenvalue weighted by atomic mass is 35.5. The van der Waals surface area contributed by atoms with Gasteiger partial charge in [0.05, 0.1) is 5.02 Å². The number of halogens is 1. The van der Waals surface area contributed by atoms with Gasteiger partial charge in [-0.3, -0.25) is 4.79 Å². The Morgan fingerprint density at radius 3 is 2.32 bits per heavy atom. The number of hydrogen-bond donors (Lipinski definition) is 0. The third-order valence-electron chi connectivity index (χ3n) is 5.15. The molecule has 134 valence electrons. The Morgan fingerprint density at radius 1 is 1.12 bits per heavy atom. The highest BCUT2D eigenvalue weighted by Gasteiger charge is 2.39. The van der Waals surface area contributed by atoms with Crippen LogP contribution in [0.5, 0.6) is 5.75 Å². The number of carbonyl (C=O) groups excluding carboxylic acids is 1. The van der Waals surface area contributed by atoms with E-state index in [4.69, 9.17) is 16.0 Å². The predicted octanol–water partition coefficient (Wildman–Crippen LogP) is 6.82. The molecule has 0 aliphatic rings. The molecular weight excluding hydrogens is 348 g/mol. The molecule has 2 aromatic carbocycles. The maximum Gasteiger partial charge on any atom is 0.250 e. The number of aldehydes is 1. The van der Waals surface area contributed by atoms with Crippen molar-refractivity contribution in [3.63, 3.8) is 0 Å². The molecule has 2 aromatic rings. The zero-order valence-corrected chi connectivity index (χ0v) is 17.9. The molecule has 0 atom stereocenters. The topological polar surface area (TPSA) is 26.3 Å². The van der Waals surface area contributed by atoms with Crippen molar-refractivity contribution >= 4 is 26.2 Å². The summed E-state index contributed by atoms with van der Waals surface area (Å²) in [5.41, 5.74) is 4.81. The summed E-state index contributed by atoms with van der Waals surface area (Å²) in [5.74, 6) is 0.763. The van der Waals surface area contributed by atoms with Crippen LogP contribution in [0.15, 0.2) is 30.3 Å². The lowest BCUT2D eigenvalue weighted by Gasteiger charge is -2.37. The molecule has 0 heterocycles. The zero-order chi connectivity index (χ0) is 19.0. The van der Waals surface area contributed by atoms with Crippen molar-refractivity contribution in [1.82, 2.24) is 0 Å². The third-order valence-corrected chi connectivity index (χ3v) is 9.96. The van der Waals surface area contributed by atoms with Crippen molar-refractivity contribution in [2.45, 2.75) is 52.8 Å². The van der Waals surface area contributed by atoms with Gasteiger partial charge in [-0.25, -0.2) is 0 Å². The highest BCUT2D eigenvalue weighted by Crippen LogP contribution is 2.43. The normalized spacial score (nSPS) is 12.2. The quantitative estimate of drug-likeness (QED) is 0.433. The summed E-state index contributed by atoms with van der Waals surface area (Å²) in [5, 5.41) is 0.761. The molecule has 0 N–H and O–H groups in total. The van der Waals surface area contributed by atoms with Crippen molar-refractivity contribution in [2.24, 2.45) is 0 Å². The molecule has 0 radical (unpaired) electrons. The van der Waals surface area contributed by atoms with Gasteiger partial charge < -0.3 is 4.43 Å². The summed E-state index contributed by atoms with van der Waals surface area (Å²) in [6.07, 6.45) is 0.866. The lowest BCUT2D eigenvalue weighted by Crippen LogP contribution is -2.44. The van der Waals surface area contributed by atoms with Crippen LogP contribution in [0.25, 0.3) is 11.1 Å². The van der Waals surface area contributed by atoms with Crippen molar-refractivity contribution < 1.29 is 9.22 Å². The number of rotatable bonds is 4. The first kappa shape index (κ1) is 19.7. The monoisotopic (exact) mass is 374 g/mol. The lowest BCUT2D eigenvalue weighted by atomic mass is 9.94. The van der Waals surface area contributed by atoms with E-state index in [1.165, 1.54) is 0 Å². The van der Waals surface area contributed by atoms with Crippen LogP contribution >= 0.6 is 11.6 Å². The number of benzene rings is 2. The second kappa shape index (κ2) is 6.97. The molecule has 0 bridgehead atoms. The SMILES string of the molecule is Cc1cc(O[Si](C)(C)C(C)(C)C)c(Cl)c(C)c1-c1cccc(C=O)c1. The van der Waals surface area contributed by atoms with E-state index in [2.05, 4.69) is 40.8 Å². The Morgan fingerprint density at radius 2 is 1.76 bits per heavy atom. The molecule has 0 aliphatic heterocycles. The van der Waals surface area contributed by atoms with E-state index < -0.39 is 8.32 Å². The van der Waals surface area contributed by atoms with E-state index in [0.29, 0.717) is 10.6 Å². The second-order valence-corrected chi connectivity index (χ2v) is 13.2. The fraction of sp³-hybridized carbons (Fsp3) is 0.381. The average Bonchev–Trinajstić information content (AvgIpc) is 2.51. The van der Waals surface area contributed by atoms with Crippen LogP contribution in [-0.4, -0.2) is 14.6 Å². The summed E-state index contributed by atoms with van der Waals surface area (Å²) in [4.78, 5) is 11.1. The van der Waals surface area contributed by atoms with Crippen LogP contribution in [0, 0.1) is 13.8 Å². The van der Waals surface area contributed by atoms with E-state index in [1.807, 2.05) is 31.2 Å². The van der Waals surface area contributed by atoms with Crippen LogP contribution in [0.3, 0.4) is 0 Å². The smallest absolute Gasteiger partial charge is 0.250 e. The number of aryl methyl sites for hydroxylation is 1. The summed E-state index contributed by atoms with van der Waals surface area (Å²) >= 11 is 6.68. The largest absolute Gasteiger partial charge is 0.542 e. The Labute approximate surface area is 157 Å². The molecule has 0 amide bonds. The average molecular weight is 375 g/mol. The Hall–Kier alpha value is -1.58. The molecule has 0 aromatic heterocycles. The third kappa shape index (κ3) is 3.99. The molecule has 0 spiro atoms. The molecule has 25 heavy (non-hydrogen) atoms. The molecular formula is C21H27ClO2Si. The summed E-state index contributed by atoms with van der Waals surface area (Å²) in [7, 11) is -1.97. The first-order valence-corrected chi connectivity index (χ1v) is 11.8. The zero-order valence-electron chi connectivity index (χ0n) is 16.2. The molecule has 2 rings (SSSR count). The standard InChI is InChI=1S/C21H27ClO2Si/c1-14-11-18(24-25(6,7)21(3,4)5)20(22)15(2)19(14)17-10-8-9-16(12-17)13-23/h8-13H,1-7H3. The van der Waals surface area contributed by atoms with Crippen LogP contribution in [0.1, 0.15) is 42.3 Å². The first-order chi connectivity index (χ1) is 11.5. The van der Waals surface area contributed by atoms with E-state index in [-0.39, 0.29) is 5.04 Å². The van der Waals surface area contributed by atoms with Gasteiger partial charge in [0, 0.05) is 5.56 Å². The van der Waals surface area contributed by atoms with Gasteiger partial charge in [-0.15, -0.1) is 0 Å². The van der Waals surface area contributed by atoms with E-state index in [9.17, 15) is 4.79 Å². The van der Waals surface area contributed by atoms with Crippen molar-refractivity contribution in [3.05, 3.63) is 52.0 Å². The van der Waals surface area contributed by atoms with Crippen LogP contribution in [0.2, 0.25) is 23.2 Å². The molecule has 0 fully saturated rings.